The van der Waals surface area contributed by atoms with Gasteiger partial charge in [0.25, 0.3) is 0 Å². The van der Waals surface area contributed by atoms with E-state index in [1.54, 1.807) is 59.7 Å². The second-order valence-corrected chi connectivity index (χ2v) is 11.2. The fraction of sp³-hybridized carbons (Fsp3) is 0.429. The number of carbonyl (C=O) groups excluding carboxylic acids is 3. The van der Waals surface area contributed by atoms with E-state index in [-0.39, 0.29) is 17.6 Å². The highest BCUT2D eigenvalue weighted by atomic mass is 16.6. The first kappa shape index (κ1) is 26.2. The quantitative estimate of drug-likeness (QED) is 0.467. The molecule has 2 N–H and O–H groups in total. The number of benzene rings is 2. The molecule has 0 aliphatic carbocycles. The van der Waals surface area contributed by atoms with Gasteiger partial charge in [-0.05, 0) is 71.7 Å². The molecule has 2 heterocycles. The van der Waals surface area contributed by atoms with Crippen LogP contribution in [0.2, 0.25) is 0 Å². The topological polar surface area (TPSA) is 114 Å². The Kier molecular flexibility index (Phi) is 6.99. The minimum absolute atomic E-state index is 0.0874. The molecule has 1 aliphatic rings. The van der Waals surface area contributed by atoms with Crippen LogP contribution in [-0.4, -0.2) is 56.6 Å². The number of fused-ring (bicyclic) bond motifs is 1. The monoisotopic (exact) mass is 506 g/mol. The van der Waals surface area contributed by atoms with Crippen LogP contribution in [0.1, 0.15) is 70.1 Å². The second kappa shape index (κ2) is 9.88. The highest BCUT2D eigenvalue weighted by Crippen LogP contribution is 2.35. The third-order valence-electron chi connectivity index (χ3n) is 5.86. The number of H-pyrrole nitrogens is 1. The summed E-state index contributed by atoms with van der Waals surface area (Å²) in [6.07, 6.45) is 0.122. The number of imidazole rings is 1. The molecular formula is C28H34N4O5. The molecule has 2 aromatic carbocycles. The van der Waals surface area contributed by atoms with Crippen molar-refractivity contribution in [2.75, 3.05) is 11.9 Å². The van der Waals surface area contributed by atoms with Gasteiger partial charge in [0.15, 0.2) is 0 Å². The molecule has 2 amide bonds. The molecule has 37 heavy (non-hydrogen) atoms. The molecule has 1 fully saturated rings. The Labute approximate surface area is 216 Å². The summed E-state index contributed by atoms with van der Waals surface area (Å²) in [4.78, 5) is 47.8. The van der Waals surface area contributed by atoms with Gasteiger partial charge >= 0.3 is 12.1 Å². The largest absolute Gasteiger partial charge is 0.454 e. The maximum atomic E-state index is 13.6. The maximum absolute atomic E-state index is 13.6. The minimum atomic E-state index is -0.743. The standard InChI is InChI=1S/C28H34N4O5/c1-27(2,3)36-25(34)23-30-20-13-12-18(16-21(20)31-23)29-24(33)22-19(17-10-8-7-9-11-17)14-15-32(22)26(35)37-28(4,5)6/h7-13,16,19,22H,14-15H2,1-6H3,(H,29,33)(H,30,31)/t19-,22+/m1/s1. The highest BCUT2D eigenvalue weighted by molar-refractivity contribution is 5.99. The Morgan fingerprint density at radius 2 is 1.65 bits per heavy atom. The second-order valence-electron chi connectivity index (χ2n) is 11.2. The van der Waals surface area contributed by atoms with Crippen LogP contribution in [0.4, 0.5) is 10.5 Å². The number of esters is 1. The van der Waals surface area contributed by atoms with Crippen molar-refractivity contribution in [1.29, 1.82) is 0 Å². The van der Waals surface area contributed by atoms with E-state index in [1.807, 2.05) is 30.3 Å². The first-order valence-electron chi connectivity index (χ1n) is 12.4. The van der Waals surface area contributed by atoms with E-state index in [9.17, 15) is 14.4 Å². The van der Waals surface area contributed by atoms with E-state index in [0.29, 0.717) is 29.7 Å². The lowest BCUT2D eigenvalue weighted by Gasteiger charge is -2.30. The van der Waals surface area contributed by atoms with Crippen LogP contribution < -0.4 is 5.32 Å². The van der Waals surface area contributed by atoms with E-state index in [0.717, 1.165) is 5.56 Å². The molecule has 196 valence electrons. The van der Waals surface area contributed by atoms with Crippen molar-refractivity contribution in [3.05, 3.63) is 59.9 Å². The lowest BCUT2D eigenvalue weighted by atomic mass is 9.91. The molecule has 0 saturated carbocycles. The highest BCUT2D eigenvalue weighted by Gasteiger charge is 2.44. The molecule has 0 radical (unpaired) electrons. The van der Waals surface area contributed by atoms with Gasteiger partial charge in [-0.25, -0.2) is 14.6 Å². The number of hydrogen-bond donors (Lipinski definition) is 2. The van der Waals surface area contributed by atoms with Crippen LogP contribution in [0.25, 0.3) is 11.0 Å². The molecule has 1 aromatic heterocycles. The number of nitrogens with one attached hydrogen (secondary N) is 2. The number of hydrogen-bond acceptors (Lipinski definition) is 6. The van der Waals surface area contributed by atoms with Gasteiger partial charge in [0, 0.05) is 18.2 Å². The fourth-order valence-corrected chi connectivity index (χ4v) is 4.42. The molecule has 1 saturated heterocycles. The number of ether oxygens (including phenoxy) is 2. The summed E-state index contributed by atoms with van der Waals surface area (Å²) in [5, 5.41) is 2.95. The third-order valence-corrected chi connectivity index (χ3v) is 5.86. The zero-order chi connectivity index (χ0) is 27.0. The van der Waals surface area contributed by atoms with Gasteiger partial charge < -0.3 is 19.8 Å². The van der Waals surface area contributed by atoms with E-state index >= 15 is 0 Å². The molecule has 2 atom stereocenters. The minimum Gasteiger partial charge on any atom is -0.454 e. The summed E-state index contributed by atoms with van der Waals surface area (Å²) in [7, 11) is 0. The Morgan fingerprint density at radius 1 is 0.973 bits per heavy atom. The van der Waals surface area contributed by atoms with Crippen molar-refractivity contribution in [2.45, 2.75) is 71.1 Å². The smallest absolute Gasteiger partial charge is 0.410 e. The number of carbonyl (C=O) groups is 3. The summed E-state index contributed by atoms with van der Waals surface area (Å²) < 4.78 is 11.0. The number of amides is 2. The normalized spacial score (nSPS) is 18.1. The summed E-state index contributed by atoms with van der Waals surface area (Å²) in [6, 6.07) is 14.1. The number of anilines is 1. The van der Waals surface area contributed by atoms with E-state index in [4.69, 9.17) is 9.47 Å². The fourth-order valence-electron chi connectivity index (χ4n) is 4.42. The summed E-state index contributed by atoms with van der Waals surface area (Å²) in [5.41, 5.74) is 1.32. The van der Waals surface area contributed by atoms with Gasteiger partial charge in [0.1, 0.15) is 17.2 Å². The molecule has 0 unspecified atom stereocenters. The van der Waals surface area contributed by atoms with Crippen molar-refractivity contribution >= 4 is 34.7 Å². The van der Waals surface area contributed by atoms with Crippen LogP contribution in [0.3, 0.4) is 0 Å². The van der Waals surface area contributed by atoms with Crippen LogP contribution >= 0.6 is 0 Å². The van der Waals surface area contributed by atoms with E-state index < -0.39 is 29.3 Å². The van der Waals surface area contributed by atoms with Crippen molar-refractivity contribution in [3.8, 4) is 0 Å². The summed E-state index contributed by atoms with van der Waals surface area (Å²) in [5.74, 6) is -0.963. The number of aromatic amines is 1. The average Bonchev–Trinajstić information content (AvgIpc) is 3.42. The molecule has 3 aromatic rings. The Bertz CT molecular complexity index is 1300. The molecule has 9 nitrogen and oxygen atoms in total. The van der Waals surface area contributed by atoms with Crippen molar-refractivity contribution < 1.29 is 23.9 Å². The van der Waals surface area contributed by atoms with Crippen molar-refractivity contribution in [2.24, 2.45) is 0 Å². The van der Waals surface area contributed by atoms with Gasteiger partial charge in [-0.3, -0.25) is 9.69 Å². The van der Waals surface area contributed by atoms with Gasteiger partial charge in [-0.2, -0.15) is 0 Å². The molecule has 4 rings (SSSR count). The van der Waals surface area contributed by atoms with Crippen molar-refractivity contribution in [3.63, 3.8) is 0 Å². The third kappa shape index (κ3) is 6.28. The molecule has 0 spiro atoms. The lowest BCUT2D eigenvalue weighted by Crippen LogP contribution is -2.47. The first-order valence-corrected chi connectivity index (χ1v) is 12.4. The van der Waals surface area contributed by atoms with Crippen LogP contribution in [-0.2, 0) is 14.3 Å². The lowest BCUT2D eigenvalue weighted by molar-refractivity contribution is -0.120. The van der Waals surface area contributed by atoms with Gasteiger partial charge in [-0.1, -0.05) is 30.3 Å². The zero-order valence-corrected chi connectivity index (χ0v) is 22.1. The predicted octanol–water partition coefficient (Wildman–Crippen LogP) is 5.25. The molecule has 1 aliphatic heterocycles. The summed E-state index contributed by atoms with van der Waals surface area (Å²) in [6.45, 7) is 11.2. The zero-order valence-electron chi connectivity index (χ0n) is 22.1. The van der Waals surface area contributed by atoms with Gasteiger partial charge in [0.05, 0.1) is 11.0 Å². The van der Waals surface area contributed by atoms with Gasteiger partial charge in [-0.15, -0.1) is 0 Å². The average molecular weight is 507 g/mol. The molecule has 9 heteroatoms. The van der Waals surface area contributed by atoms with E-state index in [1.165, 1.54) is 4.90 Å². The Balaban J connectivity index is 1.58. The predicted molar refractivity (Wildman–Crippen MR) is 140 cm³/mol. The van der Waals surface area contributed by atoms with Crippen molar-refractivity contribution in [1.82, 2.24) is 14.9 Å². The number of rotatable bonds is 4. The van der Waals surface area contributed by atoms with Crippen LogP contribution in [0, 0.1) is 0 Å². The number of aromatic nitrogens is 2. The van der Waals surface area contributed by atoms with Crippen LogP contribution in [0.15, 0.2) is 48.5 Å². The Hall–Kier alpha value is -3.88. The number of likely N-dealkylation sites (tertiary alicyclic amines) is 1. The first-order chi connectivity index (χ1) is 17.3. The molecular weight excluding hydrogens is 472 g/mol. The van der Waals surface area contributed by atoms with E-state index in [2.05, 4.69) is 15.3 Å². The van der Waals surface area contributed by atoms with Gasteiger partial charge in [0.2, 0.25) is 11.7 Å². The summed E-state index contributed by atoms with van der Waals surface area (Å²) >= 11 is 0. The molecule has 0 bridgehead atoms. The Morgan fingerprint density at radius 3 is 2.30 bits per heavy atom. The van der Waals surface area contributed by atoms with Crippen LogP contribution in [0.5, 0.6) is 0 Å². The number of nitrogens with zero attached hydrogens (tertiary/aromatic N) is 2. The maximum Gasteiger partial charge on any atom is 0.410 e. The SMILES string of the molecule is CC(C)(C)OC(=O)c1nc2ccc(NC(=O)[C@@H]3[C@@H](c4ccccc4)CCN3C(=O)OC(C)(C)C)cc2[nH]1.